The number of hydrogen-bond donors (Lipinski definition) is 0. The van der Waals surface area contributed by atoms with Gasteiger partial charge in [-0.15, -0.1) is 0 Å². The highest BCUT2D eigenvalue weighted by atomic mass is 16.5. The van der Waals surface area contributed by atoms with E-state index in [2.05, 4.69) is 4.98 Å². The van der Waals surface area contributed by atoms with Crippen LogP contribution in [0.2, 0.25) is 0 Å². The molecule has 9 heteroatoms. The first-order chi connectivity index (χ1) is 16.9. The van der Waals surface area contributed by atoms with E-state index in [1.165, 1.54) is 17.7 Å². The Bertz CT molecular complexity index is 1290. The molecule has 35 heavy (non-hydrogen) atoms. The lowest BCUT2D eigenvalue weighted by Crippen LogP contribution is -2.35. The summed E-state index contributed by atoms with van der Waals surface area (Å²) in [4.78, 5) is 47.0. The Morgan fingerprint density at radius 3 is 2.54 bits per heavy atom. The third-order valence-electron chi connectivity index (χ3n) is 5.99. The lowest BCUT2D eigenvalue weighted by Gasteiger charge is -2.23. The summed E-state index contributed by atoms with van der Waals surface area (Å²) in [5, 5.41) is 0. The zero-order valence-electron chi connectivity index (χ0n) is 20.1. The first-order valence-electron chi connectivity index (χ1n) is 11.3. The molecule has 3 heterocycles. The fourth-order valence-corrected chi connectivity index (χ4v) is 4.24. The molecule has 0 N–H and O–H groups in total. The van der Waals surface area contributed by atoms with Crippen LogP contribution in [0.15, 0.2) is 59.5 Å². The number of carbonyl (C=O) groups is 2. The Kier molecular flexibility index (Phi) is 7.14. The lowest BCUT2D eigenvalue weighted by atomic mass is 10.1. The minimum Gasteiger partial charge on any atom is -0.486 e. The number of rotatable bonds is 6. The van der Waals surface area contributed by atoms with Gasteiger partial charge in [-0.05, 0) is 24.3 Å². The third-order valence-corrected chi connectivity index (χ3v) is 5.99. The van der Waals surface area contributed by atoms with Crippen molar-refractivity contribution in [2.24, 2.45) is 0 Å². The van der Waals surface area contributed by atoms with Gasteiger partial charge in [-0.3, -0.25) is 14.6 Å². The Hall–Kier alpha value is -4.14. The molecular weight excluding hydrogens is 448 g/mol. The van der Waals surface area contributed by atoms with Crippen LogP contribution in [-0.4, -0.2) is 60.6 Å². The highest BCUT2D eigenvalue weighted by molar-refractivity contribution is 6.00. The molecule has 0 radical (unpaired) electrons. The van der Waals surface area contributed by atoms with E-state index in [-0.39, 0.29) is 35.9 Å². The van der Waals surface area contributed by atoms with Crippen molar-refractivity contribution in [1.82, 2.24) is 14.5 Å². The van der Waals surface area contributed by atoms with E-state index < -0.39 is 5.97 Å². The van der Waals surface area contributed by atoms with Gasteiger partial charge in [-0.25, -0.2) is 4.79 Å². The first-order valence-corrected chi connectivity index (χ1v) is 11.3. The minimum absolute atomic E-state index is 0.0969. The van der Waals surface area contributed by atoms with Crippen LogP contribution in [0.3, 0.4) is 0 Å². The molecule has 0 saturated heterocycles. The van der Waals surface area contributed by atoms with E-state index in [0.717, 1.165) is 5.69 Å². The molecule has 0 fully saturated rings. The van der Waals surface area contributed by atoms with E-state index in [0.29, 0.717) is 36.5 Å². The van der Waals surface area contributed by atoms with Gasteiger partial charge in [0.05, 0.1) is 18.4 Å². The van der Waals surface area contributed by atoms with Crippen LogP contribution >= 0.6 is 0 Å². The van der Waals surface area contributed by atoms with Crippen LogP contribution in [0.1, 0.15) is 32.1 Å². The van der Waals surface area contributed by atoms with Crippen molar-refractivity contribution in [3.8, 4) is 5.75 Å². The zero-order valence-corrected chi connectivity index (χ0v) is 20.1. The molecule has 3 aromatic rings. The monoisotopic (exact) mass is 476 g/mol. The highest BCUT2D eigenvalue weighted by Crippen LogP contribution is 2.26. The van der Waals surface area contributed by atoms with Crippen molar-refractivity contribution in [3.63, 3.8) is 0 Å². The predicted molar refractivity (Wildman–Crippen MR) is 131 cm³/mol. The summed E-state index contributed by atoms with van der Waals surface area (Å²) in [6.07, 6.45) is 1.95. The number of anilines is 1. The van der Waals surface area contributed by atoms with Gasteiger partial charge in [0.2, 0.25) is 0 Å². The van der Waals surface area contributed by atoms with Gasteiger partial charge >= 0.3 is 5.97 Å². The summed E-state index contributed by atoms with van der Waals surface area (Å²) in [5.74, 6) is -0.569. The molecule has 4 rings (SSSR count). The van der Waals surface area contributed by atoms with Gasteiger partial charge in [0.1, 0.15) is 17.9 Å². The second-order valence-electron chi connectivity index (χ2n) is 8.38. The standard InChI is InChI=1S/C26H28N4O5/c1-28(2)20-10-5-4-9-19(20)25(32)29-13-11-21-24(26(33)34-3)22(16-23(31)30(21)15-14-29)35-17-18-8-6-7-12-27-18/h4-10,12,16H,11,13-15,17H2,1-3H3. The van der Waals surface area contributed by atoms with Crippen molar-refractivity contribution < 1.29 is 19.1 Å². The Morgan fingerprint density at radius 2 is 1.83 bits per heavy atom. The number of fused-ring (bicyclic) bond motifs is 1. The number of esters is 1. The molecule has 0 unspecified atom stereocenters. The summed E-state index contributed by atoms with van der Waals surface area (Å²) in [7, 11) is 5.07. The van der Waals surface area contributed by atoms with Crippen LogP contribution in [0, 0.1) is 0 Å². The zero-order chi connectivity index (χ0) is 24.9. The van der Waals surface area contributed by atoms with Crippen LogP contribution in [0.4, 0.5) is 5.69 Å². The molecule has 0 saturated carbocycles. The number of ether oxygens (including phenoxy) is 2. The number of benzene rings is 1. The maximum Gasteiger partial charge on any atom is 0.343 e. The Balaban J connectivity index is 1.65. The van der Waals surface area contributed by atoms with E-state index >= 15 is 0 Å². The maximum absolute atomic E-state index is 13.4. The molecule has 182 valence electrons. The van der Waals surface area contributed by atoms with E-state index in [9.17, 15) is 14.4 Å². The fraction of sp³-hybridized carbons (Fsp3) is 0.308. The summed E-state index contributed by atoms with van der Waals surface area (Å²) in [5.41, 5.74) is 2.46. The van der Waals surface area contributed by atoms with E-state index in [1.54, 1.807) is 29.3 Å². The van der Waals surface area contributed by atoms with Crippen molar-refractivity contribution >= 4 is 17.6 Å². The topological polar surface area (TPSA) is 94.0 Å². The number of nitrogens with zero attached hydrogens (tertiary/aromatic N) is 4. The second kappa shape index (κ2) is 10.4. The average Bonchev–Trinajstić information content (AvgIpc) is 3.11. The lowest BCUT2D eigenvalue weighted by molar-refractivity contribution is 0.0592. The number of amides is 1. The van der Waals surface area contributed by atoms with Gasteiger partial charge in [0.25, 0.3) is 11.5 Å². The summed E-state index contributed by atoms with van der Waals surface area (Å²) in [6.45, 7) is 1.03. The molecule has 1 aliphatic heterocycles. The molecule has 0 aliphatic carbocycles. The largest absolute Gasteiger partial charge is 0.486 e. The number of pyridine rings is 2. The third kappa shape index (κ3) is 5.03. The minimum atomic E-state index is -0.595. The van der Waals surface area contributed by atoms with Gasteiger partial charge < -0.3 is 23.8 Å². The van der Waals surface area contributed by atoms with Crippen molar-refractivity contribution in [3.05, 3.63) is 87.6 Å². The van der Waals surface area contributed by atoms with Gasteiger partial charge in [0.15, 0.2) is 0 Å². The molecule has 1 amide bonds. The number of hydrogen-bond acceptors (Lipinski definition) is 7. The normalized spacial score (nSPS) is 12.9. The highest BCUT2D eigenvalue weighted by Gasteiger charge is 2.28. The second-order valence-corrected chi connectivity index (χ2v) is 8.38. The van der Waals surface area contributed by atoms with Crippen LogP contribution < -0.4 is 15.2 Å². The number of para-hydroxylation sites is 1. The Labute approximate surface area is 203 Å². The van der Waals surface area contributed by atoms with Gasteiger partial charge in [-0.1, -0.05) is 18.2 Å². The molecule has 1 aromatic carbocycles. The van der Waals surface area contributed by atoms with Crippen molar-refractivity contribution in [1.29, 1.82) is 0 Å². The SMILES string of the molecule is COC(=O)c1c(OCc2ccccn2)cc(=O)n2c1CCN(C(=O)c1ccccc1N(C)C)CC2. The fourth-order valence-electron chi connectivity index (χ4n) is 4.24. The number of methoxy groups -OCH3 is 1. The molecule has 0 bridgehead atoms. The number of aromatic nitrogens is 2. The molecular formula is C26H28N4O5. The summed E-state index contributed by atoms with van der Waals surface area (Å²) in [6, 6.07) is 14.1. The smallest absolute Gasteiger partial charge is 0.343 e. The average molecular weight is 477 g/mol. The first kappa shape index (κ1) is 24.0. The Morgan fingerprint density at radius 1 is 1.06 bits per heavy atom. The van der Waals surface area contributed by atoms with Crippen LogP contribution in [0.5, 0.6) is 5.75 Å². The van der Waals surface area contributed by atoms with Gasteiger partial charge in [-0.2, -0.15) is 0 Å². The molecule has 9 nitrogen and oxygen atoms in total. The summed E-state index contributed by atoms with van der Waals surface area (Å²) < 4.78 is 12.4. The van der Waals surface area contributed by atoms with E-state index in [1.807, 2.05) is 43.3 Å². The quantitative estimate of drug-likeness (QED) is 0.504. The van der Waals surface area contributed by atoms with E-state index in [4.69, 9.17) is 9.47 Å². The molecule has 0 spiro atoms. The van der Waals surface area contributed by atoms with Crippen LogP contribution in [-0.2, 0) is 24.3 Å². The molecule has 1 aliphatic rings. The summed E-state index contributed by atoms with van der Waals surface area (Å²) >= 11 is 0. The molecule has 0 atom stereocenters. The maximum atomic E-state index is 13.4. The van der Waals surface area contributed by atoms with Gasteiger partial charge in [0, 0.05) is 63.8 Å². The predicted octanol–water partition coefficient (Wildman–Crippen LogP) is 2.37. The van der Waals surface area contributed by atoms with Crippen LogP contribution in [0.25, 0.3) is 0 Å². The van der Waals surface area contributed by atoms with Crippen molar-refractivity contribution in [2.75, 3.05) is 39.2 Å². The molecule has 2 aromatic heterocycles. The number of carbonyl (C=O) groups excluding carboxylic acids is 2. The van der Waals surface area contributed by atoms with Crippen molar-refractivity contribution in [2.45, 2.75) is 19.6 Å².